The van der Waals surface area contributed by atoms with Gasteiger partial charge >= 0.3 is 0 Å². The maximum atomic E-state index is 10.6. The van der Waals surface area contributed by atoms with Crippen LogP contribution in [-0.2, 0) is 19.6 Å². The molecule has 2 aromatic heterocycles. The van der Waals surface area contributed by atoms with Crippen molar-refractivity contribution in [2.45, 2.75) is 32.6 Å². The van der Waals surface area contributed by atoms with Crippen molar-refractivity contribution in [3.05, 3.63) is 65.1 Å². The van der Waals surface area contributed by atoms with Crippen molar-refractivity contribution in [3.8, 4) is 5.75 Å². The number of nitrogens with zero attached hydrogens (tertiary/aromatic N) is 3. The lowest BCUT2D eigenvalue weighted by Gasteiger charge is -2.19. The molecule has 0 radical (unpaired) electrons. The van der Waals surface area contributed by atoms with Crippen molar-refractivity contribution in [1.82, 2.24) is 14.9 Å². The first-order valence-corrected chi connectivity index (χ1v) is 9.57. The highest BCUT2D eigenvalue weighted by Gasteiger charge is 2.32. The molecule has 1 fully saturated rings. The Morgan fingerprint density at radius 3 is 2.79 bits per heavy atom. The van der Waals surface area contributed by atoms with Gasteiger partial charge in [0.1, 0.15) is 5.75 Å². The molecule has 3 aromatic rings. The number of aryl methyl sites for hydroxylation is 1. The van der Waals surface area contributed by atoms with E-state index >= 15 is 0 Å². The van der Waals surface area contributed by atoms with Crippen LogP contribution in [0, 0.1) is 12.8 Å². The number of aliphatic hydroxyl groups is 2. The van der Waals surface area contributed by atoms with Crippen molar-refractivity contribution in [2.75, 3.05) is 13.1 Å². The molecule has 6 nitrogen and oxygen atoms in total. The molecule has 1 aliphatic heterocycles. The molecular weight excluding hydrogens is 354 g/mol. The zero-order valence-electron chi connectivity index (χ0n) is 15.9. The monoisotopic (exact) mass is 379 g/mol. The number of aromatic hydroxyl groups is 1. The van der Waals surface area contributed by atoms with Gasteiger partial charge in [-0.25, -0.2) is 0 Å². The number of likely N-dealkylation sites (tertiary alicyclic amines) is 1. The number of rotatable bonds is 5. The van der Waals surface area contributed by atoms with Gasteiger partial charge in [0.05, 0.1) is 23.9 Å². The molecule has 28 heavy (non-hydrogen) atoms. The van der Waals surface area contributed by atoms with Crippen LogP contribution in [0.15, 0.2) is 42.6 Å². The highest BCUT2D eigenvalue weighted by molar-refractivity contribution is 5.78. The number of β-amino-alcohol motifs (C(OH)–C–C–N with tert-alkyl or cyclic N) is 1. The van der Waals surface area contributed by atoms with E-state index in [0.29, 0.717) is 42.9 Å². The molecule has 0 unspecified atom stereocenters. The number of aliphatic hydroxyl groups excluding tert-OH is 2. The highest BCUT2D eigenvalue weighted by atomic mass is 16.3. The summed E-state index contributed by atoms with van der Waals surface area (Å²) < 4.78 is 0. The average molecular weight is 379 g/mol. The minimum absolute atomic E-state index is 0.0799. The fraction of sp³-hybridized carbons (Fsp3) is 0.364. The van der Waals surface area contributed by atoms with Crippen LogP contribution in [0.25, 0.3) is 10.9 Å². The van der Waals surface area contributed by atoms with Crippen LogP contribution in [0.5, 0.6) is 5.75 Å². The molecule has 0 aliphatic carbocycles. The van der Waals surface area contributed by atoms with Gasteiger partial charge in [-0.2, -0.15) is 0 Å². The quantitative estimate of drug-likeness (QED) is 0.630. The minimum Gasteiger partial charge on any atom is -0.506 e. The molecule has 1 aliphatic rings. The number of hydrogen-bond acceptors (Lipinski definition) is 6. The van der Waals surface area contributed by atoms with Gasteiger partial charge < -0.3 is 15.3 Å². The van der Waals surface area contributed by atoms with E-state index in [2.05, 4.69) is 16.0 Å². The van der Waals surface area contributed by atoms with Gasteiger partial charge in [-0.15, -0.1) is 0 Å². The first-order valence-electron chi connectivity index (χ1n) is 9.57. The normalized spacial score (nSPS) is 20.1. The zero-order valence-corrected chi connectivity index (χ0v) is 15.9. The van der Waals surface area contributed by atoms with E-state index in [0.717, 1.165) is 16.6 Å². The number of para-hydroxylation sites is 1. The lowest BCUT2D eigenvalue weighted by Crippen LogP contribution is -2.22. The van der Waals surface area contributed by atoms with Gasteiger partial charge in [-0.05, 0) is 25.5 Å². The Morgan fingerprint density at radius 2 is 1.96 bits per heavy atom. The van der Waals surface area contributed by atoms with Crippen LogP contribution < -0.4 is 0 Å². The van der Waals surface area contributed by atoms with E-state index in [1.807, 2.05) is 30.3 Å². The lowest BCUT2D eigenvalue weighted by molar-refractivity contribution is 0.140. The van der Waals surface area contributed by atoms with Crippen LogP contribution >= 0.6 is 0 Å². The van der Waals surface area contributed by atoms with Crippen molar-refractivity contribution < 1.29 is 15.3 Å². The summed E-state index contributed by atoms with van der Waals surface area (Å²) in [5.41, 5.74) is 3.80. The Bertz CT molecular complexity index is 992. The van der Waals surface area contributed by atoms with E-state index in [4.69, 9.17) is 4.98 Å². The van der Waals surface area contributed by atoms with Crippen molar-refractivity contribution in [2.24, 2.45) is 5.92 Å². The van der Waals surface area contributed by atoms with E-state index in [-0.39, 0.29) is 18.3 Å². The Balaban J connectivity index is 1.48. The molecule has 0 amide bonds. The van der Waals surface area contributed by atoms with Gasteiger partial charge in [-0.1, -0.05) is 24.3 Å². The largest absolute Gasteiger partial charge is 0.506 e. The van der Waals surface area contributed by atoms with E-state index < -0.39 is 6.10 Å². The Kier molecular flexibility index (Phi) is 5.26. The second-order valence-corrected chi connectivity index (χ2v) is 7.58. The Morgan fingerprint density at radius 1 is 1.14 bits per heavy atom. The molecular formula is C22H25N3O3. The van der Waals surface area contributed by atoms with Gasteiger partial charge in [0.25, 0.3) is 0 Å². The first-order chi connectivity index (χ1) is 13.5. The van der Waals surface area contributed by atoms with E-state index in [1.165, 1.54) is 0 Å². The fourth-order valence-electron chi connectivity index (χ4n) is 3.98. The molecule has 4 rings (SSSR count). The Hall–Kier alpha value is -2.54. The second kappa shape index (κ2) is 7.83. The summed E-state index contributed by atoms with van der Waals surface area (Å²) in [7, 11) is 0. The topological polar surface area (TPSA) is 89.7 Å². The summed E-state index contributed by atoms with van der Waals surface area (Å²) in [5, 5.41) is 31.6. The number of aromatic nitrogens is 2. The van der Waals surface area contributed by atoms with Crippen LogP contribution in [-0.4, -0.2) is 49.4 Å². The van der Waals surface area contributed by atoms with E-state index in [9.17, 15) is 15.3 Å². The van der Waals surface area contributed by atoms with E-state index in [1.54, 1.807) is 13.1 Å². The molecule has 1 aromatic carbocycles. The molecule has 6 heteroatoms. The van der Waals surface area contributed by atoms with Crippen molar-refractivity contribution >= 4 is 10.9 Å². The maximum Gasteiger partial charge on any atom is 0.141 e. The number of pyridine rings is 2. The van der Waals surface area contributed by atoms with Crippen LogP contribution in [0.2, 0.25) is 0 Å². The van der Waals surface area contributed by atoms with Gasteiger partial charge in [-0.3, -0.25) is 14.9 Å². The molecule has 2 atom stereocenters. The number of hydrogen-bond donors (Lipinski definition) is 3. The van der Waals surface area contributed by atoms with Crippen molar-refractivity contribution in [3.63, 3.8) is 0 Å². The zero-order chi connectivity index (χ0) is 19.7. The highest BCUT2D eigenvalue weighted by Crippen LogP contribution is 2.29. The molecule has 0 bridgehead atoms. The van der Waals surface area contributed by atoms with Gasteiger partial charge in [0.2, 0.25) is 0 Å². The number of fused-ring (bicyclic) bond motifs is 1. The molecule has 146 valence electrons. The third kappa shape index (κ3) is 3.71. The third-order valence-corrected chi connectivity index (χ3v) is 5.59. The summed E-state index contributed by atoms with van der Waals surface area (Å²) in [6, 6.07) is 12.1. The van der Waals surface area contributed by atoms with Crippen LogP contribution in [0.4, 0.5) is 0 Å². The average Bonchev–Trinajstić information content (AvgIpc) is 3.04. The Labute approximate surface area is 164 Å². The van der Waals surface area contributed by atoms with Gasteiger partial charge in [0.15, 0.2) is 0 Å². The molecule has 3 N–H and O–H groups in total. The second-order valence-electron chi connectivity index (χ2n) is 7.58. The summed E-state index contributed by atoms with van der Waals surface area (Å²) >= 11 is 0. The smallest absolute Gasteiger partial charge is 0.141 e. The number of benzene rings is 1. The molecule has 3 heterocycles. The third-order valence-electron chi connectivity index (χ3n) is 5.59. The SMILES string of the molecule is Cc1ncc(CO)c(CN2C[C@@H](Cc3ccc4ccccc4n3)[C@H](O)C2)c1O. The van der Waals surface area contributed by atoms with Crippen LogP contribution in [0.3, 0.4) is 0 Å². The predicted octanol–water partition coefficient (Wildman–Crippen LogP) is 2.17. The van der Waals surface area contributed by atoms with Crippen molar-refractivity contribution in [1.29, 1.82) is 0 Å². The molecule has 0 saturated carbocycles. The summed E-state index contributed by atoms with van der Waals surface area (Å²) in [6.07, 6.45) is 1.86. The maximum absolute atomic E-state index is 10.6. The lowest BCUT2D eigenvalue weighted by atomic mass is 9.99. The molecule has 1 saturated heterocycles. The van der Waals surface area contributed by atoms with Crippen LogP contribution in [0.1, 0.15) is 22.5 Å². The predicted molar refractivity (Wildman–Crippen MR) is 107 cm³/mol. The fourth-order valence-corrected chi connectivity index (χ4v) is 3.98. The first kappa shape index (κ1) is 18.8. The van der Waals surface area contributed by atoms with Gasteiger partial charge in [0, 0.05) is 54.0 Å². The minimum atomic E-state index is -0.448. The standard InChI is InChI=1S/C22H25N3O3/c1-14-22(28)19(17(13-26)9-23-14)11-25-10-16(21(27)12-25)8-18-7-6-15-4-2-3-5-20(15)24-18/h2-7,9,16,21,26-28H,8,10-13H2,1H3/t16-,21-/m1/s1. The summed E-state index contributed by atoms with van der Waals surface area (Å²) in [4.78, 5) is 10.9. The molecule has 0 spiro atoms. The summed E-state index contributed by atoms with van der Waals surface area (Å²) in [5.74, 6) is 0.206. The summed E-state index contributed by atoms with van der Waals surface area (Å²) in [6.45, 7) is 3.29.